The topological polar surface area (TPSA) is 97.7 Å². The number of fused-ring (bicyclic) bond motifs is 2. The number of hydrogen-bond donors (Lipinski definition) is 2. The number of nitrogens with zero attached hydrogens (tertiary/aromatic N) is 5. The molecular formula is C42H45N7OS. The van der Waals surface area contributed by atoms with Gasteiger partial charge in [0.05, 0.1) is 40.3 Å². The molecule has 3 heterocycles. The average molecular weight is 696 g/mol. The maximum atomic E-state index is 5.56. The van der Waals surface area contributed by atoms with E-state index in [2.05, 4.69) is 83.2 Å². The van der Waals surface area contributed by atoms with Crippen molar-refractivity contribution in [2.24, 2.45) is 5.92 Å². The SMILES string of the molecule is COc1cccc(-c2cc(NC3CCCc4ccccc43)nc(CCc3nc(NC(C)C4CCCCC4)cc(-c4ccc5scnc5c4)n3)n2)c1. The predicted molar refractivity (Wildman–Crippen MR) is 207 cm³/mol. The highest BCUT2D eigenvalue weighted by molar-refractivity contribution is 7.16. The molecule has 260 valence electrons. The minimum atomic E-state index is 0.200. The van der Waals surface area contributed by atoms with Crippen LogP contribution in [0.4, 0.5) is 11.6 Å². The number of methoxy groups -OCH3 is 1. The summed E-state index contributed by atoms with van der Waals surface area (Å²) < 4.78 is 6.73. The fraction of sp³-hybridized carbons (Fsp3) is 0.357. The van der Waals surface area contributed by atoms with Gasteiger partial charge in [0.2, 0.25) is 0 Å². The molecule has 0 saturated heterocycles. The highest BCUT2D eigenvalue weighted by Gasteiger charge is 2.23. The summed E-state index contributed by atoms with van der Waals surface area (Å²) in [5.74, 6) is 4.68. The highest BCUT2D eigenvalue weighted by Crippen LogP contribution is 2.34. The number of aryl methyl sites for hydroxylation is 3. The van der Waals surface area contributed by atoms with Crippen LogP contribution in [-0.4, -0.2) is 38.1 Å². The first-order valence-corrected chi connectivity index (χ1v) is 19.3. The number of aromatic nitrogens is 5. The van der Waals surface area contributed by atoms with E-state index in [1.165, 1.54) is 47.9 Å². The van der Waals surface area contributed by atoms with Crippen LogP contribution < -0.4 is 15.4 Å². The molecular weight excluding hydrogens is 651 g/mol. The summed E-state index contributed by atoms with van der Waals surface area (Å²) in [5.41, 5.74) is 9.45. The van der Waals surface area contributed by atoms with Gasteiger partial charge in [-0.05, 0) is 80.3 Å². The van der Waals surface area contributed by atoms with Crippen molar-refractivity contribution < 1.29 is 4.74 Å². The average Bonchev–Trinajstić information content (AvgIpc) is 3.66. The second kappa shape index (κ2) is 15.2. The lowest BCUT2D eigenvalue weighted by molar-refractivity contribution is 0.328. The molecule has 2 aliphatic rings. The Labute approximate surface area is 304 Å². The zero-order valence-electron chi connectivity index (χ0n) is 29.4. The van der Waals surface area contributed by atoms with Crippen molar-refractivity contribution in [1.29, 1.82) is 0 Å². The maximum Gasteiger partial charge on any atom is 0.131 e. The molecule has 2 aliphatic carbocycles. The first-order valence-electron chi connectivity index (χ1n) is 18.4. The van der Waals surface area contributed by atoms with Crippen molar-refractivity contribution in [1.82, 2.24) is 24.9 Å². The summed E-state index contributed by atoms with van der Waals surface area (Å²) in [5, 5.41) is 7.57. The molecule has 1 fully saturated rings. The van der Waals surface area contributed by atoms with E-state index in [0.717, 1.165) is 76.3 Å². The van der Waals surface area contributed by atoms with Gasteiger partial charge < -0.3 is 15.4 Å². The second-order valence-corrected chi connectivity index (χ2v) is 14.9. The molecule has 2 unspecified atom stereocenters. The molecule has 8 rings (SSSR count). The van der Waals surface area contributed by atoms with Crippen molar-refractivity contribution in [3.63, 3.8) is 0 Å². The van der Waals surface area contributed by atoms with Crippen molar-refractivity contribution in [3.05, 3.63) is 107 Å². The summed E-state index contributed by atoms with van der Waals surface area (Å²) >= 11 is 1.66. The number of rotatable bonds is 11. The van der Waals surface area contributed by atoms with Crippen molar-refractivity contribution in [2.75, 3.05) is 17.7 Å². The highest BCUT2D eigenvalue weighted by atomic mass is 32.1. The number of ether oxygens (including phenoxy) is 1. The van der Waals surface area contributed by atoms with Crippen LogP contribution in [0.25, 0.3) is 32.7 Å². The van der Waals surface area contributed by atoms with E-state index >= 15 is 0 Å². The van der Waals surface area contributed by atoms with Crippen molar-refractivity contribution in [3.8, 4) is 28.3 Å². The van der Waals surface area contributed by atoms with Crippen LogP contribution in [0.1, 0.15) is 80.7 Å². The molecule has 9 heteroatoms. The monoisotopic (exact) mass is 695 g/mol. The molecule has 0 bridgehead atoms. The van der Waals surface area contributed by atoms with Gasteiger partial charge in [-0.3, -0.25) is 0 Å². The zero-order valence-corrected chi connectivity index (χ0v) is 30.3. The van der Waals surface area contributed by atoms with E-state index in [4.69, 9.17) is 24.7 Å². The quantitative estimate of drug-likeness (QED) is 0.138. The largest absolute Gasteiger partial charge is 0.497 e. The summed E-state index contributed by atoms with van der Waals surface area (Å²) in [6, 6.07) is 27.9. The Hall–Kier alpha value is -4.89. The first kappa shape index (κ1) is 33.3. The van der Waals surface area contributed by atoms with Gasteiger partial charge in [0.25, 0.3) is 0 Å². The van der Waals surface area contributed by atoms with Gasteiger partial charge >= 0.3 is 0 Å². The Morgan fingerprint density at radius 3 is 2.35 bits per heavy atom. The summed E-state index contributed by atoms with van der Waals surface area (Å²) in [4.78, 5) is 24.9. The van der Waals surface area contributed by atoms with Gasteiger partial charge in [-0.1, -0.05) is 61.7 Å². The third-order valence-electron chi connectivity index (χ3n) is 10.5. The van der Waals surface area contributed by atoms with Crippen LogP contribution in [0.2, 0.25) is 0 Å². The van der Waals surface area contributed by atoms with Gasteiger partial charge in [0.1, 0.15) is 29.0 Å². The maximum absolute atomic E-state index is 5.56. The molecule has 51 heavy (non-hydrogen) atoms. The van der Waals surface area contributed by atoms with Crippen LogP contribution in [0.3, 0.4) is 0 Å². The summed E-state index contributed by atoms with van der Waals surface area (Å²) in [6.07, 6.45) is 11.0. The third kappa shape index (κ3) is 7.73. The van der Waals surface area contributed by atoms with Gasteiger partial charge in [-0.15, -0.1) is 11.3 Å². The van der Waals surface area contributed by atoms with E-state index in [1.54, 1.807) is 18.4 Å². The Bertz CT molecular complexity index is 2120. The predicted octanol–water partition coefficient (Wildman–Crippen LogP) is 9.87. The van der Waals surface area contributed by atoms with Gasteiger partial charge in [-0.2, -0.15) is 0 Å². The molecule has 0 radical (unpaired) electrons. The molecule has 3 aromatic heterocycles. The number of hydrogen-bond acceptors (Lipinski definition) is 9. The van der Waals surface area contributed by atoms with Gasteiger partial charge in [0, 0.05) is 42.1 Å². The van der Waals surface area contributed by atoms with E-state index in [0.29, 0.717) is 24.8 Å². The lowest BCUT2D eigenvalue weighted by Gasteiger charge is -2.28. The van der Waals surface area contributed by atoms with Crippen LogP contribution in [-0.2, 0) is 19.3 Å². The smallest absolute Gasteiger partial charge is 0.131 e. The van der Waals surface area contributed by atoms with E-state index in [9.17, 15) is 0 Å². The van der Waals surface area contributed by atoms with E-state index in [1.807, 2.05) is 23.7 Å². The Morgan fingerprint density at radius 1 is 0.765 bits per heavy atom. The van der Waals surface area contributed by atoms with Crippen molar-refractivity contribution in [2.45, 2.75) is 83.2 Å². The number of anilines is 2. The fourth-order valence-electron chi connectivity index (χ4n) is 7.75. The Morgan fingerprint density at radius 2 is 1.53 bits per heavy atom. The molecule has 0 aliphatic heterocycles. The minimum absolute atomic E-state index is 0.200. The molecule has 2 N–H and O–H groups in total. The van der Waals surface area contributed by atoms with Crippen LogP contribution in [0, 0.1) is 5.92 Å². The molecule has 0 amide bonds. The third-order valence-corrected chi connectivity index (χ3v) is 11.3. The van der Waals surface area contributed by atoms with Gasteiger partial charge in [0.15, 0.2) is 0 Å². The Kier molecular flexibility index (Phi) is 9.88. The van der Waals surface area contributed by atoms with Crippen LogP contribution in [0.15, 0.2) is 84.4 Å². The molecule has 8 nitrogen and oxygen atoms in total. The summed E-state index contributed by atoms with van der Waals surface area (Å²) in [6.45, 7) is 2.30. The van der Waals surface area contributed by atoms with Crippen molar-refractivity contribution >= 4 is 33.2 Å². The molecule has 3 aromatic carbocycles. The minimum Gasteiger partial charge on any atom is -0.497 e. The lowest BCUT2D eigenvalue weighted by atomic mass is 9.84. The van der Waals surface area contributed by atoms with E-state index in [-0.39, 0.29) is 6.04 Å². The number of nitrogens with one attached hydrogen (secondary N) is 2. The van der Waals surface area contributed by atoms with E-state index < -0.39 is 0 Å². The van der Waals surface area contributed by atoms with Crippen LogP contribution >= 0.6 is 11.3 Å². The Balaban J connectivity index is 1.11. The first-order chi connectivity index (χ1) is 25.1. The summed E-state index contributed by atoms with van der Waals surface area (Å²) in [7, 11) is 1.69. The van der Waals surface area contributed by atoms with Gasteiger partial charge in [-0.25, -0.2) is 24.9 Å². The standard InChI is InChI=1S/C42H45N7OS/c1-27(28-10-4-3-5-11-28)44-41-24-36(31-18-19-38-37(23-31)43-26-51-38)47-39(48-41)20-21-40-46-35(30-14-8-15-32(22-30)50-2)25-42(49-40)45-34-17-9-13-29-12-6-7-16-33(29)34/h6-8,12,14-16,18-19,22-28,34H,3-5,9-11,13,17,20-21H2,1-2H3,(H,44,47,48)(H,45,46,49). The second-order valence-electron chi connectivity index (χ2n) is 14.0. The molecule has 0 spiro atoms. The number of thiazole rings is 1. The lowest BCUT2D eigenvalue weighted by Crippen LogP contribution is -2.28. The molecule has 6 aromatic rings. The number of benzene rings is 3. The van der Waals surface area contributed by atoms with Crippen LogP contribution in [0.5, 0.6) is 5.75 Å². The molecule has 1 saturated carbocycles. The zero-order chi connectivity index (χ0) is 34.6. The normalized spacial score (nSPS) is 16.8. The molecule has 2 atom stereocenters. The fourth-order valence-corrected chi connectivity index (χ4v) is 8.41.